The summed E-state index contributed by atoms with van der Waals surface area (Å²) in [6, 6.07) is 0. The smallest absolute Gasteiger partial charge is 0.342 e. The lowest BCUT2D eigenvalue weighted by atomic mass is 10.2. The van der Waals surface area contributed by atoms with Crippen molar-refractivity contribution in [3.63, 3.8) is 0 Å². The van der Waals surface area contributed by atoms with Crippen LogP contribution in [0.25, 0.3) is 0 Å². The SMILES string of the molecule is CCNC(=O)c1sc(SC)c(C(=O)OCC)c1N. The van der Waals surface area contributed by atoms with Crippen molar-refractivity contribution in [1.29, 1.82) is 0 Å². The van der Waals surface area contributed by atoms with Crippen LogP contribution in [0.1, 0.15) is 33.9 Å². The van der Waals surface area contributed by atoms with Gasteiger partial charge in [0, 0.05) is 6.54 Å². The molecule has 0 saturated carbocycles. The predicted octanol–water partition coefficient (Wildman–Crippen LogP) is 1.98. The van der Waals surface area contributed by atoms with E-state index in [4.69, 9.17) is 10.5 Å². The van der Waals surface area contributed by atoms with E-state index in [1.165, 1.54) is 23.1 Å². The Morgan fingerprint density at radius 3 is 2.61 bits per heavy atom. The van der Waals surface area contributed by atoms with E-state index < -0.39 is 5.97 Å². The molecule has 1 aromatic heterocycles. The van der Waals surface area contributed by atoms with Crippen molar-refractivity contribution in [2.24, 2.45) is 0 Å². The fourth-order valence-corrected chi connectivity index (χ4v) is 3.21. The molecule has 3 N–H and O–H groups in total. The molecule has 0 aliphatic rings. The Morgan fingerprint density at radius 1 is 1.44 bits per heavy atom. The van der Waals surface area contributed by atoms with Crippen LogP contribution in [0.5, 0.6) is 0 Å². The Kier molecular flexibility index (Phi) is 5.49. The zero-order valence-electron chi connectivity index (χ0n) is 10.5. The topological polar surface area (TPSA) is 81.4 Å². The van der Waals surface area contributed by atoms with Crippen LogP contribution in [-0.4, -0.2) is 31.3 Å². The quantitative estimate of drug-likeness (QED) is 0.639. The van der Waals surface area contributed by atoms with Gasteiger partial charge in [-0.1, -0.05) is 0 Å². The molecule has 7 heteroatoms. The molecule has 0 aromatic carbocycles. The highest BCUT2D eigenvalue weighted by atomic mass is 32.2. The van der Waals surface area contributed by atoms with Gasteiger partial charge in [0.05, 0.1) is 16.5 Å². The molecule has 0 atom stereocenters. The van der Waals surface area contributed by atoms with Crippen LogP contribution in [0.15, 0.2) is 4.21 Å². The zero-order chi connectivity index (χ0) is 13.7. The number of hydrogen-bond acceptors (Lipinski definition) is 6. The number of hydrogen-bond donors (Lipinski definition) is 2. The van der Waals surface area contributed by atoms with Crippen molar-refractivity contribution in [1.82, 2.24) is 5.32 Å². The van der Waals surface area contributed by atoms with Gasteiger partial charge < -0.3 is 15.8 Å². The minimum atomic E-state index is -0.480. The van der Waals surface area contributed by atoms with Crippen molar-refractivity contribution in [3.8, 4) is 0 Å². The standard InChI is InChI=1S/C11H16N2O3S2/c1-4-13-9(14)8-7(12)6(10(15)16-5-2)11(17-3)18-8/h4-5,12H2,1-3H3,(H,13,14). The van der Waals surface area contributed by atoms with Crippen LogP contribution in [0.2, 0.25) is 0 Å². The maximum Gasteiger partial charge on any atom is 0.342 e. The van der Waals surface area contributed by atoms with E-state index in [-0.39, 0.29) is 18.2 Å². The lowest BCUT2D eigenvalue weighted by Crippen LogP contribution is -2.22. The minimum absolute atomic E-state index is 0.203. The number of ether oxygens (including phenoxy) is 1. The first-order valence-electron chi connectivity index (χ1n) is 5.48. The van der Waals surface area contributed by atoms with Gasteiger partial charge in [-0.3, -0.25) is 4.79 Å². The van der Waals surface area contributed by atoms with Crippen LogP contribution in [0, 0.1) is 0 Å². The molecule has 0 unspecified atom stereocenters. The number of nitrogens with two attached hydrogens (primary N) is 1. The Morgan fingerprint density at radius 2 is 2.11 bits per heavy atom. The number of carbonyl (C=O) groups is 2. The minimum Gasteiger partial charge on any atom is -0.462 e. The van der Waals surface area contributed by atoms with E-state index in [0.717, 1.165) is 0 Å². The third-order valence-electron chi connectivity index (χ3n) is 2.12. The number of thioether (sulfide) groups is 1. The highest BCUT2D eigenvalue weighted by Crippen LogP contribution is 2.37. The maximum atomic E-state index is 11.8. The molecule has 0 saturated heterocycles. The molecule has 5 nitrogen and oxygen atoms in total. The van der Waals surface area contributed by atoms with Crippen molar-refractivity contribution in [2.75, 3.05) is 25.1 Å². The molecule has 0 fully saturated rings. The fraction of sp³-hybridized carbons (Fsp3) is 0.455. The molecule has 0 spiro atoms. The Labute approximate surface area is 114 Å². The van der Waals surface area contributed by atoms with Crippen molar-refractivity contribution in [3.05, 3.63) is 10.4 Å². The van der Waals surface area contributed by atoms with Gasteiger partial charge in [0.1, 0.15) is 10.4 Å². The van der Waals surface area contributed by atoms with Gasteiger partial charge in [-0.25, -0.2) is 4.79 Å². The third kappa shape index (κ3) is 2.97. The normalized spacial score (nSPS) is 10.2. The molecule has 0 aliphatic heterocycles. The van der Waals surface area contributed by atoms with E-state index in [2.05, 4.69) is 5.32 Å². The number of carbonyl (C=O) groups excluding carboxylic acids is 2. The summed E-state index contributed by atoms with van der Waals surface area (Å²) in [4.78, 5) is 23.9. The van der Waals surface area contributed by atoms with E-state index in [9.17, 15) is 9.59 Å². The number of amides is 1. The molecule has 1 amide bonds. The number of nitrogen functional groups attached to an aromatic ring is 1. The van der Waals surface area contributed by atoms with E-state index in [1.807, 2.05) is 13.2 Å². The van der Waals surface area contributed by atoms with Gasteiger partial charge >= 0.3 is 5.97 Å². The van der Waals surface area contributed by atoms with E-state index in [1.54, 1.807) is 6.92 Å². The summed E-state index contributed by atoms with van der Waals surface area (Å²) in [7, 11) is 0. The van der Waals surface area contributed by atoms with Gasteiger partial charge in [-0.15, -0.1) is 23.1 Å². The van der Waals surface area contributed by atoms with E-state index >= 15 is 0 Å². The summed E-state index contributed by atoms with van der Waals surface area (Å²) in [5, 5.41) is 2.67. The lowest BCUT2D eigenvalue weighted by molar-refractivity contribution is 0.0524. The summed E-state index contributed by atoms with van der Waals surface area (Å²) in [5.74, 6) is -0.739. The van der Waals surface area contributed by atoms with Crippen LogP contribution in [0.4, 0.5) is 5.69 Å². The maximum absolute atomic E-state index is 11.8. The average Bonchev–Trinajstić information content (AvgIpc) is 2.67. The second kappa shape index (κ2) is 6.65. The second-order valence-electron chi connectivity index (χ2n) is 3.29. The van der Waals surface area contributed by atoms with Crippen molar-refractivity contribution >= 4 is 40.7 Å². The van der Waals surface area contributed by atoms with Crippen molar-refractivity contribution < 1.29 is 14.3 Å². The highest BCUT2D eigenvalue weighted by Gasteiger charge is 2.25. The number of anilines is 1. The van der Waals surface area contributed by atoms with Crippen molar-refractivity contribution in [2.45, 2.75) is 18.1 Å². The molecule has 1 aromatic rings. The third-order valence-corrected chi connectivity index (χ3v) is 4.45. The summed E-state index contributed by atoms with van der Waals surface area (Å²) in [6.45, 7) is 4.34. The van der Waals surface area contributed by atoms with Crippen LogP contribution in [0.3, 0.4) is 0 Å². The largest absolute Gasteiger partial charge is 0.462 e. The van der Waals surface area contributed by atoms with Crippen LogP contribution in [-0.2, 0) is 4.74 Å². The van der Waals surface area contributed by atoms with Gasteiger partial charge in [0.2, 0.25) is 0 Å². The van der Waals surface area contributed by atoms with Gasteiger partial charge in [0.25, 0.3) is 5.91 Å². The molecular formula is C11H16N2O3S2. The Bertz CT molecular complexity index is 457. The summed E-state index contributed by atoms with van der Waals surface area (Å²) < 4.78 is 5.65. The van der Waals surface area contributed by atoms with Gasteiger partial charge in [-0.05, 0) is 20.1 Å². The Hall–Kier alpha value is -1.21. The summed E-state index contributed by atoms with van der Waals surface area (Å²) in [5.41, 5.74) is 6.38. The number of thiophene rings is 1. The monoisotopic (exact) mass is 288 g/mol. The molecule has 100 valence electrons. The molecule has 1 heterocycles. The fourth-order valence-electron chi connectivity index (χ4n) is 1.37. The number of esters is 1. The van der Waals surface area contributed by atoms with Gasteiger partial charge in [0.15, 0.2) is 0 Å². The predicted molar refractivity (Wildman–Crippen MR) is 74.5 cm³/mol. The zero-order valence-corrected chi connectivity index (χ0v) is 12.2. The lowest BCUT2D eigenvalue weighted by Gasteiger charge is -2.03. The van der Waals surface area contributed by atoms with Gasteiger partial charge in [-0.2, -0.15) is 0 Å². The molecule has 0 radical (unpaired) electrons. The highest BCUT2D eigenvalue weighted by molar-refractivity contribution is 8.00. The van der Waals surface area contributed by atoms with Crippen LogP contribution >= 0.6 is 23.1 Å². The average molecular weight is 288 g/mol. The second-order valence-corrected chi connectivity index (χ2v) is 5.39. The Balaban J connectivity index is 3.18. The number of nitrogens with one attached hydrogen (secondary N) is 1. The molecular weight excluding hydrogens is 272 g/mol. The molecule has 1 rings (SSSR count). The number of rotatable bonds is 5. The van der Waals surface area contributed by atoms with E-state index in [0.29, 0.717) is 21.2 Å². The van der Waals surface area contributed by atoms with Crippen LogP contribution < -0.4 is 11.1 Å². The molecule has 18 heavy (non-hydrogen) atoms. The summed E-state index contributed by atoms with van der Waals surface area (Å²) >= 11 is 2.59. The first kappa shape index (κ1) is 14.8. The first-order chi connectivity index (χ1) is 8.56. The molecule has 0 bridgehead atoms. The molecule has 0 aliphatic carbocycles. The first-order valence-corrected chi connectivity index (χ1v) is 7.52. The summed E-state index contributed by atoms with van der Waals surface area (Å²) in [6.07, 6.45) is 1.83.